The van der Waals surface area contributed by atoms with Gasteiger partial charge in [0, 0.05) is 38.7 Å². The maximum Gasteiger partial charge on any atom is 0.235 e. The Kier molecular flexibility index (Phi) is 4.34. The summed E-state index contributed by atoms with van der Waals surface area (Å²) in [5, 5.41) is 1.85. The molecule has 26 heavy (non-hydrogen) atoms. The number of rotatable bonds is 1. The maximum absolute atomic E-state index is 11.9. The van der Waals surface area contributed by atoms with Crippen LogP contribution in [-0.2, 0) is 4.79 Å². The summed E-state index contributed by atoms with van der Waals surface area (Å²) in [6.07, 6.45) is 0. The van der Waals surface area contributed by atoms with Crippen LogP contribution in [0.1, 0.15) is 12.5 Å². The van der Waals surface area contributed by atoms with E-state index in [1.54, 1.807) is 0 Å². The Morgan fingerprint density at radius 1 is 0.962 bits per heavy atom. The molecule has 0 unspecified atom stereocenters. The molecule has 134 valence electrons. The Bertz CT molecular complexity index is 855. The van der Waals surface area contributed by atoms with Gasteiger partial charge >= 0.3 is 0 Å². The molecule has 2 aromatic carbocycles. The minimum atomic E-state index is -0.113. The third-order valence-corrected chi connectivity index (χ3v) is 4.81. The highest BCUT2D eigenvalue weighted by molar-refractivity contribution is 6.08. The smallest absolute Gasteiger partial charge is 0.235 e. The second-order valence-electron chi connectivity index (χ2n) is 6.73. The quantitative estimate of drug-likeness (QED) is 0.860. The molecule has 1 N–H and O–H groups in total. The van der Waals surface area contributed by atoms with E-state index in [1.165, 1.54) is 6.92 Å². The van der Waals surface area contributed by atoms with Gasteiger partial charge in [0.1, 0.15) is 5.84 Å². The van der Waals surface area contributed by atoms with Gasteiger partial charge in [-0.3, -0.25) is 15.2 Å². The summed E-state index contributed by atoms with van der Waals surface area (Å²) < 4.78 is 0. The summed E-state index contributed by atoms with van der Waals surface area (Å²) >= 11 is 0. The van der Waals surface area contributed by atoms with Crippen molar-refractivity contribution in [3.8, 4) is 0 Å². The lowest BCUT2D eigenvalue weighted by Gasteiger charge is -2.35. The van der Waals surface area contributed by atoms with Crippen LogP contribution in [0.25, 0.3) is 0 Å². The number of para-hydroxylation sites is 3. The van der Waals surface area contributed by atoms with Crippen molar-refractivity contribution in [2.24, 2.45) is 4.99 Å². The standard InChI is InChI=1S/C20H23N5O/c1-15(26)22-25-18-9-5-3-7-16(18)20(24-13-11-23(2)12-14-24)21-17-8-4-6-10-19(17)25/h3-10H,11-14H2,1-2H3,(H,22,26). The molecule has 2 aromatic rings. The Hall–Kier alpha value is -2.86. The molecule has 0 bridgehead atoms. The number of amidine groups is 1. The average molecular weight is 349 g/mol. The molecule has 0 radical (unpaired) electrons. The molecule has 2 aliphatic rings. The molecule has 2 aliphatic heterocycles. The van der Waals surface area contributed by atoms with Crippen LogP contribution in [0, 0.1) is 0 Å². The number of nitrogens with zero attached hydrogens (tertiary/aromatic N) is 4. The highest BCUT2D eigenvalue weighted by Gasteiger charge is 2.27. The Balaban J connectivity index is 1.87. The summed E-state index contributed by atoms with van der Waals surface area (Å²) in [5.74, 6) is 0.853. The fourth-order valence-corrected chi connectivity index (χ4v) is 3.45. The first-order valence-corrected chi connectivity index (χ1v) is 8.91. The van der Waals surface area contributed by atoms with Crippen LogP contribution in [0.3, 0.4) is 0 Å². The van der Waals surface area contributed by atoms with E-state index in [9.17, 15) is 4.79 Å². The van der Waals surface area contributed by atoms with Gasteiger partial charge in [-0.05, 0) is 31.3 Å². The van der Waals surface area contributed by atoms with Crippen LogP contribution < -0.4 is 10.4 Å². The maximum atomic E-state index is 11.9. The van der Waals surface area contributed by atoms with Crippen molar-refractivity contribution in [2.45, 2.75) is 6.92 Å². The van der Waals surface area contributed by atoms with Gasteiger partial charge < -0.3 is 9.80 Å². The van der Waals surface area contributed by atoms with Crippen LogP contribution >= 0.6 is 0 Å². The number of hydrogen-bond acceptors (Lipinski definition) is 5. The minimum absolute atomic E-state index is 0.113. The first-order chi connectivity index (χ1) is 12.6. The second kappa shape index (κ2) is 6.80. The van der Waals surface area contributed by atoms with Gasteiger partial charge in [-0.1, -0.05) is 24.3 Å². The van der Waals surface area contributed by atoms with Crippen LogP contribution in [0.2, 0.25) is 0 Å². The summed E-state index contributed by atoms with van der Waals surface area (Å²) in [4.78, 5) is 21.5. The van der Waals surface area contributed by atoms with Crippen molar-refractivity contribution in [3.05, 3.63) is 54.1 Å². The van der Waals surface area contributed by atoms with Gasteiger partial charge in [0.15, 0.2) is 0 Å². The van der Waals surface area contributed by atoms with E-state index in [0.29, 0.717) is 0 Å². The molecule has 0 aromatic heterocycles. The predicted octanol–water partition coefficient (Wildman–Crippen LogP) is 2.51. The predicted molar refractivity (Wildman–Crippen MR) is 104 cm³/mol. The van der Waals surface area contributed by atoms with E-state index in [1.807, 2.05) is 47.5 Å². The summed E-state index contributed by atoms with van der Waals surface area (Å²) in [6.45, 7) is 5.42. The summed E-state index contributed by atoms with van der Waals surface area (Å²) in [5.41, 5.74) is 6.65. The largest absolute Gasteiger partial charge is 0.353 e. The second-order valence-corrected chi connectivity index (χ2v) is 6.73. The molecule has 1 fully saturated rings. The van der Waals surface area contributed by atoms with Crippen molar-refractivity contribution >= 4 is 28.8 Å². The van der Waals surface area contributed by atoms with Crippen LogP contribution in [0.4, 0.5) is 17.1 Å². The number of carbonyl (C=O) groups is 1. The van der Waals surface area contributed by atoms with E-state index in [4.69, 9.17) is 4.99 Å². The average Bonchev–Trinajstić information content (AvgIpc) is 2.78. The van der Waals surface area contributed by atoms with Gasteiger partial charge in [0.2, 0.25) is 5.91 Å². The monoisotopic (exact) mass is 349 g/mol. The number of likely N-dealkylation sites (N-methyl/N-ethyl adjacent to an activating group) is 1. The van der Waals surface area contributed by atoms with Crippen LogP contribution in [-0.4, -0.2) is 54.8 Å². The molecule has 1 amide bonds. The molecule has 0 saturated carbocycles. The molecule has 2 heterocycles. The number of amides is 1. The van der Waals surface area contributed by atoms with Crippen LogP contribution in [0.15, 0.2) is 53.5 Å². The molecular formula is C20H23N5O. The molecule has 0 aliphatic carbocycles. The zero-order valence-electron chi connectivity index (χ0n) is 15.1. The minimum Gasteiger partial charge on any atom is -0.353 e. The molecule has 0 atom stereocenters. The van der Waals surface area contributed by atoms with Gasteiger partial charge in [0.05, 0.1) is 17.1 Å². The van der Waals surface area contributed by atoms with Gasteiger partial charge in [-0.15, -0.1) is 0 Å². The number of anilines is 2. The van der Waals surface area contributed by atoms with E-state index >= 15 is 0 Å². The highest BCUT2D eigenvalue weighted by atomic mass is 16.2. The van der Waals surface area contributed by atoms with Crippen LogP contribution in [0.5, 0.6) is 0 Å². The summed E-state index contributed by atoms with van der Waals surface area (Å²) in [7, 11) is 2.15. The van der Waals surface area contributed by atoms with Crippen molar-refractivity contribution < 1.29 is 4.79 Å². The number of fused-ring (bicyclic) bond motifs is 2. The Morgan fingerprint density at radius 3 is 2.35 bits per heavy atom. The number of hydrogen-bond donors (Lipinski definition) is 1. The van der Waals surface area contributed by atoms with Crippen molar-refractivity contribution in [1.29, 1.82) is 0 Å². The number of piperazine rings is 1. The van der Waals surface area contributed by atoms with E-state index < -0.39 is 0 Å². The van der Waals surface area contributed by atoms with Gasteiger partial charge in [0.25, 0.3) is 0 Å². The number of nitrogens with one attached hydrogen (secondary N) is 1. The van der Waals surface area contributed by atoms with Crippen molar-refractivity contribution in [3.63, 3.8) is 0 Å². The zero-order chi connectivity index (χ0) is 18.1. The molecular weight excluding hydrogens is 326 g/mol. The third kappa shape index (κ3) is 3.04. The Labute approximate surface area is 153 Å². The lowest BCUT2D eigenvalue weighted by Crippen LogP contribution is -2.47. The first kappa shape index (κ1) is 16.6. The lowest BCUT2D eigenvalue weighted by molar-refractivity contribution is -0.118. The molecule has 6 heteroatoms. The van der Waals surface area contributed by atoms with Crippen molar-refractivity contribution in [2.75, 3.05) is 38.2 Å². The number of carbonyl (C=O) groups excluding carboxylic acids is 1. The van der Waals surface area contributed by atoms with Gasteiger partial charge in [-0.2, -0.15) is 0 Å². The number of benzene rings is 2. The fourth-order valence-electron chi connectivity index (χ4n) is 3.45. The van der Waals surface area contributed by atoms with Crippen molar-refractivity contribution in [1.82, 2.24) is 15.2 Å². The topological polar surface area (TPSA) is 51.2 Å². The fraction of sp³-hybridized carbons (Fsp3) is 0.300. The highest BCUT2D eigenvalue weighted by Crippen LogP contribution is 2.38. The normalized spacial score (nSPS) is 17.1. The van der Waals surface area contributed by atoms with Gasteiger partial charge in [-0.25, -0.2) is 4.99 Å². The van der Waals surface area contributed by atoms with E-state index in [0.717, 1.165) is 54.6 Å². The third-order valence-electron chi connectivity index (χ3n) is 4.81. The lowest BCUT2D eigenvalue weighted by atomic mass is 10.1. The molecule has 1 saturated heterocycles. The SMILES string of the molecule is CC(=O)NN1c2ccccc2N=C(N2CCN(C)CC2)c2ccccc21. The van der Waals surface area contributed by atoms with E-state index in [-0.39, 0.29) is 5.91 Å². The Morgan fingerprint density at radius 2 is 1.62 bits per heavy atom. The number of hydrazine groups is 1. The molecule has 6 nitrogen and oxygen atoms in total. The molecule has 4 rings (SSSR count). The van der Waals surface area contributed by atoms with E-state index in [2.05, 4.69) is 28.3 Å². The first-order valence-electron chi connectivity index (χ1n) is 8.91. The number of aliphatic imine (C=N–C) groups is 1. The summed E-state index contributed by atoms with van der Waals surface area (Å²) in [6, 6.07) is 16.0. The zero-order valence-corrected chi connectivity index (χ0v) is 15.1. The molecule has 0 spiro atoms.